The number of imidazole rings is 1. The number of hydrogen-bond acceptors (Lipinski definition) is 8. The van der Waals surface area contributed by atoms with Crippen LogP contribution in [-0.4, -0.2) is 46.6 Å². The van der Waals surface area contributed by atoms with Gasteiger partial charge in [-0.3, -0.25) is 9.59 Å². The highest BCUT2D eigenvalue weighted by Gasteiger charge is 2.17. The standard InChI is InChI=1S/C22H21N3O6/c23-21(22-24-14-3-1-2-4-15(14)25-22)17(27)12-31-20(28)8-6-16(26)13-5-7-18-19(11-13)30-10-9-29-18/h1-5,7,11,27H,6,8-10,12,23H2,(H,24,25). The van der Waals surface area contributed by atoms with Gasteiger partial charge < -0.3 is 30.0 Å². The first-order valence-corrected chi connectivity index (χ1v) is 9.72. The number of H-pyrrole nitrogens is 1. The van der Waals surface area contributed by atoms with Crippen LogP contribution in [0.25, 0.3) is 16.7 Å². The third-order valence-corrected chi connectivity index (χ3v) is 4.75. The molecule has 0 unspecified atom stereocenters. The van der Waals surface area contributed by atoms with Gasteiger partial charge in [0.1, 0.15) is 18.9 Å². The van der Waals surface area contributed by atoms with Crippen molar-refractivity contribution in [2.24, 2.45) is 5.73 Å². The highest BCUT2D eigenvalue weighted by Crippen LogP contribution is 2.31. The molecule has 9 nitrogen and oxygen atoms in total. The first-order valence-electron chi connectivity index (χ1n) is 9.72. The van der Waals surface area contributed by atoms with Crippen molar-refractivity contribution < 1.29 is 28.9 Å². The van der Waals surface area contributed by atoms with Crippen molar-refractivity contribution in [2.45, 2.75) is 12.8 Å². The van der Waals surface area contributed by atoms with Crippen molar-refractivity contribution in [3.8, 4) is 11.5 Å². The Balaban J connectivity index is 1.30. The molecule has 1 aliphatic heterocycles. The Hall–Kier alpha value is -4.01. The van der Waals surface area contributed by atoms with Gasteiger partial charge in [0, 0.05) is 12.0 Å². The van der Waals surface area contributed by atoms with Crippen molar-refractivity contribution in [2.75, 3.05) is 19.8 Å². The number of para-hydroxylation sites is 2. The van der Waals surface area contributed by atoms with Crippen LogP contribution in [0.2, 0.25) is 0 Å². The van der Waals surface area contributed by atoms with E-state index in [4.69, 9.17) is 19.9 Å². The fourth-order valence-corrected chi connectivity index (χ4v) is 3.09. The number of fused-ring (bicyclic) bond motifs is 2. The SMILES string of the molecule is NC(=C(O)COC(=O)CCC(=O)c1ccc2c(c1)OCCO2)c1nc2ccccc2[nH]1. The minimum Gasteiger partial charge on any atom is -0.507 e. The highest BCUT2D eigenvalue weighted by atomic mass is 16.6. The second-order valence-corrected chi connectivity index (χ2v) is 6.91. The lowest BCUT2D eigenvalue weighted by atomic mass is 10.1. The predicted octanol–water partition coefficient (Wildman–Crippen LogP) is 2.73. The van der Waals surface area contributed by atoms with Gasteiger partial charge in [-0.1, -0.05) is 12.1 Å². The molecule has 0 spiro atoms. The lowest BCUT2D eigenvalue weighted by Crippen LogP contribution is -2.16. The number of ether oxygens (including phenoxy) is 3. The Bertz CT molecular complexity index is 1130. The number of carbonyl (C=O) groups excluding carboxylic acids is 2. The van der Waals surface area contributed by atoms with Crippen LogP contribution < -0.4 is 15.2 Å². The number of Topliss-reactive ketones (excluding diaryl/α,β-unsaturated/α-hetero) is 1. The molecular weight excluding hydrogens is 402 g/mol. The van der Waals surface area contributed by atoms with E-state index in [9.17, 15) is 14.7 Å². The molecule has 0 aliphatic carbocycles. The van der Waals surface area contributed by atoms with E-state index in [1.165, 1.54) is 0 Å². The third-order valence-electron chi connectivity index (χ3n) is 4.75. The Morgan fingerprint density at radius 3 is 2.68 bits per heavy atom. The van der Waals surface area contributed by atoms with Crippen LogP contribution in [0.15, 0.2) is 48.2 Å². The average molecular weight is 423 g/mol. The molecule has 0 radical (unpaired) electrons. The molecule has 0 atom stereocenters. The molecule has 2 aromatic carbocycles. The molecule has 0 saturated carbocycles. The Kier molecular flexibility index (Phi) is 5.74. The fourth-order valence-electron chi connectivity index (χ4n) is 3.09. The number of aromatic nitrogens is 2. The number of hydrogen-bond donors (Lipinski definition) is 3. The molecule has 2 heterocycles. The average Bonchev–Trinajstić information content (AvgIpc) is 3.24. The normalized spacial score (nSPS) is 13.5. The molecule has 31 heavy (non-hydrogen) atoms. The Labute approximate surface area is 177 Å². The largest absolute Gasteiger partial charge is 0.507 e. The molecule has 4 rings (SSSR count). The van der Waals surface area contributed by atoms with Gasteiger partial charge in [0.05, 0.1) is 17.5 Å². The van der Waals surface area contributed by atoms with Gasteiger partial charge in [-0.25, -0.2) is 4.98 Å². The van der Waals surface area contributed by atoms with Gasteiger partial charge in [-0.05, 0) is 30.3 Å². The summed E-state index contributed by atoms with van der Waals surface area (Å²) >= 11 is 0. The topological polar surface area (TPSA) is 137 Å². The molecule has 160 valence electrons. The number of benzene rings is 2. The first kappa shape index (κ1) is 20.3. The van der Waals surface area contributed by atoms with E-state index in [1.807, 2.05) is 18.2 Å². The zero-order valence-electron chi connectivity index (χ0n) is 16.6. The Morgan fingerprint density at radius 1 is 1.10 bits per heavy atom. The lowest BCUT2D eigenvalue weighted by molar-refractivity contribution is -0.143. The van der Waals surface area contributed by atoms with Gasteiger partial charge in [-0.15, -0.1) is 0 Å². The number of ketones is 1. The number of nitrogens with two attached hydrogens (primary N) is 1. The second kappa shape index (κ2) is 8.78. The molecule has 0 bridgehead atoms. The van der Waals surface area contributed by atoms with E-state index in [1.54, 1.807) is 24.3 Å². The number of aliphatic hydroxyl groups is 1. The summed E-state index contributed by atoms with van der Waals surface area (Å²) in [7, 11) is 0. The zero-order chi connectivity index (χ0) is 21.8. The maximum absolute atomic E-state index is 12.4. The number of carbonyl (C=O) groups is 2. The van der Waals surface area contributed by atoms with Crippen LogP contribution in [0.3, 0.4) is 0 Å². The van der Waals surface area contributed by atoms with Gasteiger partial charge in [0.15, 0.2) is 35.5 Å². The van der Waals surface area contributed by atoms with Crippen LogP contribution >= 0.6 is 0 Å². The number of rotatable bonds is 7. The molecule has 3 aromatic rings. The Morgan fingerprint density at radius 2 is 1.87 bits per heavy atom. The molecule has 1 aliphatic rings. The summed E-state index contributed by atoms with van der Waals surface area (Å²) in [4.78, 5) is 31.6. The number of aliphatic hydroxyl groups excluding tert-OH is 1. The summed E-state index contributed by atoms with van der Waals surface area (Å²) in [5, 5.41) is 10.1. The number of esters is 1. The summed E-state index contributed by atoms with van der Waals surface area (Å²) in [6, 6.07) is 12.2. The molecule has 0 saturated heterocycles. The first-order chi connectivity index (χ1) is 15.0. The monoisotopic (exact) mass is 423 g/mol. The van der Waals surface area contributed by atoms with Crippen molar-refractivity contribution in [3.05, 3.63) is 59.6 Å². The zero-order valence-corrected chi connectivity index (χ0v) is 16.6. The summed E-state index contributed by atoms with van der Waals surface area (Å²) < 4.78 is 15.9. The van der Waals surface area contributed by atoms with Crippen LogP contribution in [0.1, 0.15) is 29.0 Å². The number of nitrogens with one attached hydrogen (secondary N) is 1. The maximum Gasteiger partial charge on any atom is 0.306 e. The lowest BCUT2D eigenvalue weighted by Gasteiger charge is -2.18. The molecule has 4 N–H and O–H groups in total. The van der Waals surface area contributed by atoms with E-state index in [-0.39, 0.29) is 35.9 Å². The molecular formula is C22H21N3O6. The van der Waals surface area contributed by atoms with E-state index < -0.39 is 12.6 Å². The molecule has 0 fully saturated rings. The van der Waals surface area contributed by atoms with E-state index in [2.05, 4.69) is 9.97 Å². The summed E-state index contributed by atoms with van der Waals surface area (Å²) in [5.74, 6) is 0.196. The summed E-state index contributed by atoms with van der Waals surface area (Å²) in [5.41, 5.74) is 7.78. The van der Waals surface area contributed by atoms with Gasteiger partial charge in [0.25, 0.3) is 0 Å². The van der Waals surface area contributed by atoms with Gasteiger partial charge in [-0.2, -0.15) is 0 Å². The van der Waals surface area contributed by atoms with Crippen molar-refractivity contribution >= 4 is 28.5 Å². The number of nitrogens with zero attached hydrogens (tertiary/aromatic N) is 1. The molecule has 9 heteroatoms. The summed E-state index contributed by atoms with van der Waals surface area (Å²) in [6.45, 7) is 0.472. The predicted molar refractivity (Wildman–Crippen MR) is 112 cm³/mol. The van der Waals surface area contributed by atoms with E-state index in [0.717, 1.165) is 5.52 Å². The van der Waals surface area contributed by atoms with Gasteiger partial charge in [0.2, 0.25) is 0 Å². The van der Waals surface area contributed by atoms with Crippen LogP contribution in [-0.2, 0) is 9.53 Å². The summed E-state index contributed by atoms with van der Waals surface area (Å²) in [6.07, 6.45) is -0.174. The van der Waals surface area contributed by atoms with Crippen molar-refractivity contribution in [1.29, 1.82) is 0 Å². The fraction of sp³-hybridized carbons (Fsp3) is 0.227. The van der Waals surface area contributed by atoms with E-state index in [0.29, 0.717) is 35.8 Å². The van der Waals surface area contributed by atoms with Crippen LogP contribution in [0.4, 0.5) is 0 Å². The molecule has 0 amide bonds. The second-order valence-electron chi connectivity index (χ2n) is 6.91. The minimum atomic E-state index is -0.630. The van der Waals surface area contributed by atoms with Crippen molar-refractivity contribution in [1.82, 2.24) is 9.97 Å². The third kappa shape index (κ3) is 4.61. The van der Waals surface area contributed by atoms with Crippen LogP contribution in [0.5, 0.6) is 11.5 Å². The quantitative estimate of drug-likeness (QED) is 0.300. The highest BCUT2D eigenvalue weighted by molar-refractivity contribution is 5.98. The van der Waals surface area contributed by atoms with Crippen LogP contribution in [0, 0.1) is 0 Å². The number of aromatic amines is 1. The molecule has 1 aromatic heterocycles. The smallest absolute Gasteiger partial charge is 0.306 e. The van der Waals surface area contributed by atoms with Crippen molar-refractivity contribution in [3.63, 3.8) is 0 Å². The maximum atomic E-state index is 12.4. The van der Waals surface area contributed by atoms with E-state index >= 15 is 0 Å². The minimum absolute atomic E-state index is 0.0173. The van der Waals surface area contributed by atoms with Gasteiger partial charge >= 0.3 is 5.97 Å².